The quantitative estimate of drug-likeness (QED) is 0.888. The number of hydrogen-bond donors (Lipinski definition) is 1. The predicted molar refractivity (Wildman–Crippen MR) is 68.8 cm³/mol. The van der Waals surface area contributed by atoms with Gasteiger partial charge in [0, 0.05) is 30.9 Å². The monoisotopic (exact) mass is 263 g/mol. The Labute approximate surface area is 111 Å². The number of aromatic carboxylic acids is 1. The summed E-state index contributed by atoms with van der Waals surface area (Å²) in [5, 5.41) is 13.0. The van der Waals surface area contributed by atoms with Crippen LogP contribution in [0.5, 0.6) is 0 Å². The molecule has 0 aliphatic heterocycles. The summed E-state index contributed by atoms with van der Waals surface area (Å²) in [4.78, 5) is 12.9. The molecule has 2 aromatic rings. The number of aryl methyl sites for hydroxylation is 2. The fourth-order valence-corrected chi connectivity index (χ4v) is 2.03. The van der Waals surface area contributed by atoms with E-state index in [0.717, 1.165) is 12.1 Å². The standard InChI is InChI=1S/C13H17N3O3/c1-9-4-11(19-12(9)13(17)18)8-15(2)6-10-5-14-16(3)7-10/h4-5,7H,6,8H2,1-3H3,(H,17,18). The molecule has 0 aliphatic rings. The first kappa shape index (κ1) is 13.4. The van der Waals surface area contributed by atoms with Gasteiger partial charge in [0.15, 0.2) is 0 Å². The second-order valence-electron chi connectivity index (χ2n) is 4.72. The smallest absolute Gasteiger partial charge is 0.372 e. The molecule has 1 N–H and O–H groups in total. The summed E-state index contributed by atoms with van der Waals surface area (Å²) in [7, 11) is 3.82. The number of nitrogens with zero attached hydrogens (tertiary/aromatic N) is 3. The molecule has 0 radical (unpaired) electrons. The van der Waals surface area contributed by atoms with Gasteiger partial charge in [-0.15, -0.1) is 0 Å². The van der Waals surface area contributed by atoms with Crippen LogP contribution in [0.2, 0.25) is 0 Å². The van der Waals surface area contributed by atoms with E-state index in [2.05, 4.69) is 5.10 Å². The Morgan fingerprint density at radius 2 is 2.26 bits per heavy atom. The largest absolute Gasteiger partial charge is 0.475 e. The van der Waals surface area contributed by atoms with E-state index in [1.165, 1.54) is 0 Å². The van der Waals surface area contributed by atoms with E-state index in [0.29, 0.717) is 17.9 Å². The van der Waals surface area contributed by atoms with Crippen LogP contribution in [0.25, 0.3) is 0 Å². The van der Waals surface area contributed by atoms with Crippen molar-refractivity contribution < 1.29 is 14.3 Å². The molecule has 0 spiro atoms. The lowest BCUT2D eigenvalue weighted by molar-refractivity contribution is 0.0657. The van der Waals surface area contributed by atoms with Gasteiger partial charge in [0.2, 0.25) is 5.76 Å². The lowest BCUT2D eigenvalue weighted by atomic mass is 10.2. The van der Waals surface area contributed by atoms with Crippen LogP contribution in [0.3, 0.4) is 0 Å². The number of rotatable bonds is 5. The van der Waals surface area contributed by atoms with E-state index in [9.17, 15) is 4.79 Å². The zero-order valence-electron chi connectivity index (χ0n) is 11.3. The van der Waals surface area contributed by atoms with Crippen molar-refractivity contribution in [1.82, 2.24) is 14.7 Å². The van der Waals surface area contributed by atoms with E-state index < -0.39 is 5.97 Å². The second-order valence-corrected chi connectivity index (χ2v) is 4.72. The van der Waals surface area contributed by atoms with E-state index in [4.69, 9.17) is 9.52 Å². The maximum Gasteiger partial charge on any atom is 0.372 e. The molecule has 102 valence electrons. The molecule has 0 aliphatic carbocycles. The summed E-state index contributed by atoms with van der Waals surface area (Å²) >= 11 is 0. The molecule has 6 nitrogen and oxygen atoms in total. The third kappa shape index (κ3) is 3.23. The van der Waals surface area contributed by atoms with Gasteiger partial charge in [-0.25, -0.2) is 4.79 Å². The van der Waals surface area contributed by atoms with Crippen LogP contribution in [0.15, 0.2) is 22.9 Å². The van der Waals surface area contributed by atoms with Gasteiger partial charge < -0.3 is 9.52 Å². The molecule has 0 unspecified atom stereocenters. The highest BCUT2D eigenvalue weighted by Gasteiger charge is 2.15. The van der Waals surface area contributed by atoms with Crippen molar-refractivity contribution in [3.8, 4) is 0 Å². The van der Waals surface area contributed by atoms with Crippen molar-refractivity contribution in [2.45, 2.75) is 20.0 Å². The molecule has 19 heavy (non-hydrogen) atoms. The molecule has 0 bridgehead atoms. The SMILES string of the molecule is Cc1cc(CN(C)Cc2cnn(C)c2)oc1C(=O)O. The van der Waals surface area contributed by atoms with Crippen molar-refractivity contribution in [1.29, 1.82) is 0 Å². The number of carbonyl (C=O) groups is 1. The van der Waals surface area contributed by atoms with Gasteiger partial charge in [0.1, 0.15) is 5.76 Å². The normalized spacial score (nSPS) is 11.2. The molecule has 2 rings (SSSR count). The van der Waals surface area contributed by atoms with Crippen molar-refractivity contribution in [2.24, 2.45) is 7.05 Å². The average molecular weight is 263 g/mol. The molecule has 0 amide bonds. The van der Waals surface area contributed by atoms with Gasteiger partial charge in [0.05, 0.1) is 12.7 Å². The Bertz CT molecular complexity index is 586. The number of hydrogen-bond acceptors (Lipinski definition) is 4. The Morgan fingerprint density at radius 3 is 2.79 bits per heavy atom. The fraction of sp³-hybridized carbons (Fsp3) is 0.385. The van der Waals surface area contributed by atoms with E-state index in [1.807, 2.05) is 31.4 Å². The second kappa shape index (κ2) is 5.27. The average Bonchev–Trinajstić information content (AvgIpc) is 2.85. The third-order valence-corrected chi connectivity index (χ3v) is 2.80. The highest BCUT2D eigenvalue weighted by atomic mass is 16.4. The summed E-state index contributed by atoms with van der Waals surface area (Å²) in [6, 6.07) is 1.77. The molecule has 6 heteroatoms. The molecule has 0 atom stereocenters. The van der Waals surface area contributed by atoms with Crippen LogP contribution in [-0.2, 0) is 20.1 Å². The summed E-state index contributed by atoms with van der Waals surface area (Å²) in [6.07, 6.45) is 3.76. The predicted octanol–water partition coefficient (Wildman–Crippen LogP) is 1.65. The van der Waals surface area contributed by atoms with E-state index >= 15 is 0 Å². The minimum Gasteiger partial charge on any atom is -0.475 e. The van der Waals surface area contributed by atoms with Gasteiger partial charge >= 0.3 is 5.97 Å². The molecular formula is C13H17N3O3. The Kier molecular flexibility index (Phi) is 3.71. The fourth-order valence-electron chi connectivity index (χ4n) is 2.03. The number of carboxylic acid groups (broad SMARTS) is 1. The summed E-state index contributed by atoms with van der Waals surface area (Å²) in [5.74, 6) is -0.357. The van der Waals surface area contributed by atoms with Crippen molar-refractivity contribution in [3.05, 3.63) is 41.1 Å². The maximum atomic E-state index is 10.9. The van der Waals surface area contributed by atoms with Crippen LogP contribution in [0.1, 0.15) is 27.4 Å². The molecule has 0 saturated heterocycles. The molecule has 2 heterocycles. The first-order chi connectivity index (χ1) is 8.95. The highest BCUT2D eigenvalue weighted by molar-refractivity contribution is 5.86. The Balaban J connectivity index is 2.00. The van der Waals surface area contributed by atoms with Crippen LogP contribution < -0.4 is 0 Å². The number of aromatic nitrogens is 2. The molecular weight excluding hydrogens is 246 g/mol. The lowest BCUT2D eigenvalue weighted by Crippen LogP contribution is -2.16. The Hall–Kier alpha value is -2.08. The molecule has 0 aromatic carbocycles. The topological polar surface area (TPSA) is 71.5 Å². The molecule has 2 aromatic heterocycles. The van der Waals surface area contributed by atoms with Gasteiger partial charge in [-0.3, -0.25) is 9.58 Å². The summed E-state index contributed by atoms with van der Waals surface area (Å²) in [5.41, 5.74) is 1.75. The van der Waals surface area contributed by atoms with Crippen molar-refractivity contribution >= 4 is 5.97 Å². The van der Waals surface area contributed by atoms with Gasteiger partial charge in [-0.2, -0.15) is 5.10 Å². The zero-order valence-corrected chi connectivity index (χ0v) is 11.3. The Morgan fingerprint density at radius 1 is 1.53 bits per heavy atom. The summed E-state index contributed by atoms with van der Waals surface area (Å²) < 4.78 is 7.08. The minimum absolute atomic E-state index is 0.0183. The van der Waals surface area contributed by atoms with Crippen LogP contribution in [0, 0.1) is 6.92 Å². The van der Waals surface area contributed by atoms with Crippen LogP contribution >= 0.6 is 0 Å². The minimum atomic E-state index is -1.03. The molecule has 0 saturated carbocycles. The lowest BCUT2D eigenvalue weighted by Gasteiger charge is -2.13. The highest BCUT2D eigenvalue weighted by Crippen LogP contribution is 2.16. The summed E-state index contributed by atoms with van der Waals surface area (Å²) in [6.45, 7) is 3.02. The third-order valence-electron chi connectivity index (χ3n) is 2.80. The van der Waals surface area contributed by atoms with Gasteiger partial charge in [-0.05, 0) is 20.0 Å². The van der Waals surface area contributed by atoms with E-state index in [-0.39, 0.29) is 5.76 Å². The van der Waals surface area contributed by atoms with Crippen molar-refractivity contribution in [2.75, 3.05) is 7.05 Å². The van der Waals surface area contributed by atoms with Gasteiger partial charge in [-0.1, -0.05) is 0 Å². The first-order valence-corrected chi connectivity index (χ1v) is 5.94. The van der Waals surface area contributed by atoms with Crippen LogP contribution in [0.4, 0.5) is 0 Å². The number of carboxylic acids is 1. The first-order valence-electron chi connectivity index (χ1n) is 5.94. The van der Waals surface area contributed by atoms with E-state index in [1.54, 1.807) is 17.7 Å². The maximum absolute atomic E-state index is 10.9. The number of furan rings is 1. The molecule has 0 fully saturated rings. The van der Waals surface area contributed by atoms with Gasteiger partial charge in [0.25, 0.3) is 0 Å². The van der Waals surface area contributed by atoms with Crippen molar-refractivity contribution in [3.63, 3.8) is 0 Å². The van der Waals surface area contributed by atoms with Crippen LogP contribution in [-0.4, -0.2) is 32.8 Å². The zero-order chi connectivity index (χ0) is 14.0.